The van der Waals surface area contributed by atoms with Crippen LogP contribution >= 0.6 is 0 Å². The Morgan fingerprint density at radius 2 is 1.89 bits per heavy atom. The molecule has 18 heavy (non-hydrogen) atoms. The monoisotopic (exact) mass is 272 g/mol. The second-order valence-electron chi connectivity index (χ2n) is 4.37. The minimum absolute atomic E-state index is 0.383. The number of carbonyl (C=O) groups is 1. The third-order valence-corrected chi connectivity index (χ3v) is 3.41. The molecule has 2 bridgehead atoms. The summed E-state index contributed by atoms with van der Waals surface area (Å²) in [6.07, 6.45) is -3.67. The van der Waals surface area contributed by atoms with Gasteiger partial charge in [-0.15, -0.1) is 0 Å². The SMILES string of the molecule is O=C(O)COC1(C(F)(F)F)C2C=CC(C2)C1(F)F. The van der Waals surface area contributed by atoms with Crippen LogP contribution in [0.15, 0.2) is 12.2 Å². The van der Waals surface area contributed by atoms with Crippen LogP contribution in [0, 0.1) is 11.8 Å². The Morgan fingerprint density at radius 3 is 2.28 bits per heavy atom. The van der Waals surface area contributed by atoms with Crippen LogP contribution in [0.3, 0.4) is 0 Å². The lowest BCUT2D eigenvalue weighted by molar-refractivity contribution is -0.349. The van der Waals surface area contributed by atoms with Crippen molar-refractivity contribution in [2.75, 3.05) is 6.61 Å². The molecule has 0 amide bonds. The molecule has 3 nitrogen and oxygen atoms in total. The summed E-state index contributed by atoms with van der Waals surface area (Å²) in [4.78, 5) is 10.3. The Hall–Kier alpha value is -1.18. The molecule has 0 radical (unpaired) electrons. The molecule has 3 unspecified atom stereocenters. The van der Waals surface area contributed by atoms with Crippen LogP contribution in [0.4, 0.5) is 22.0 Å². The second-order valence-corrected chi connectivity index (χ2v) is 4.37. The summed E-state index contributed by atoms with van der Waals surface area (Å²) in [6.45, 7) is -1.41. The first-order valence-electron chi connectivity index (χ1n) is 5.11. The molecule has 0 aromatic heterocycles. The molecule has 2 rings (SSSR count). The van der Waals surface area contributed by atoms with E-state index < -0.39 is 42.1 Å². The van der Waals surface area contributed by atoms with Gasteiger partial charge >= 0.3 is 12.1 Å². The van der Waals surface area contributed by atoms with Gasteiger partial charge in [-0.05, 0) is 6.42 Å². The Kier molecular flexibility index (Phi) is 2.69. The topological polar surface area (TPSA) is 46.5 Å². The Balaban J connectivity index is 2.43. The number of hydrogen-bond donors (Lipinski definition) is 1. The van der Waals surface area contributed by atoms with E-state index in [-0.39, 0.29) is 6.42 Å². The van der Waals surface area contributed by atoms with Crippen molar-refractivity contribution >= 4 is 5.97 Å². The minimum atomic E-state index is -5.34. The van der Waals surface area contributed by atoms with Gasteiger partial charge in [-0.25, -0.2) is 13.6 Å². The largest absolute Gasteiger partial charge is 0.480 e. The lowest BCUT2D eigenvalue weighted by Crippen LogP contribution is -2.63. The van der Waals surface area contributed by atoms with Gasteiger partial charge in [-0.3, -0.25) is 0 Å². The van der Waals surface area contributed by atoms with Crippen molar-refractivity contribution in [1.29, 1.82) is 0 Å². The van der Waals surface area contributed by atoms with Gasteiger partial charge in [0.15, 0.2) is 0 Å². The number of carboxylic acids is 1. The molecular formula is C10H9F5O3. The predicted octanol–water partition coefficient (Wildman–Crippen LogP) is 2.23. The zero-order valence-corrected chi connectivity index (χ0v) is 8.88. The van der Waals surface area contributed by atoms with E-state index >= 15 is 0 Å². The van der Waals surface area contributed by atoms with Crippen molar-refractivity contribution in [3.8, 4) is 0 Å². The maximum atomic E-state index is 13.8. The highest BCUT2D eigenvalue weighted by atomic mass is 19.4. The summed E-state index contributed by atoms with van der Waals surface area (Å²) in [7, 11) is 0. The lowest BCUT2D eigenvalue weighted by atomic mass is 9.84. The predicted molar refractivity (Wildman–Crippen MR) is 48.1 cm³/mol. The van der Waals surface area contributed by atoms with Crippen LogP contribution in [0.2, 0.25) is 0 Å². The van der Waals surface area contributed by atoms with Crippen LogP contribution in [-0.2, 0) is 9.53 Å². The number of aliphatic carboxylic acids is 1. The first kappa shape index (κ1) is 13.3. The smallest absolute Gasteiger partial charge is 0.424 e. The van der Waals surface area contributed by atoms with E-state index in [0.29, 0.717) is 0 Å². The van der Waals surface area contributed by atoms with Crippen molar-refractivity contribution in [2.24, 2.45) is 11.8 Å². The molecule has 1 saturated carbocycles. The molecule has 1 N–H and O–H groups in total. The number of alkyl halides is 5. The number of carboxylic acid groups (broad SMARTS) is 1. The van der Waals surface area contributed by atoms with E-state index in [0.717, 1.165) is 12.2 Å². The first-order valence-corrected chi connectivity index (χ1v) is 5.11. The summed E-state index contributed by atoms with van der Waals surface area (Å²) in [5.41, 5.74) is -3.72. The molecule has 2 aliphatic rings. The van der Waals surface area contributed by atoms with Crippen molar-refractivity contribution < 1.29 is 36.6 Å². The third-order valence-electron chi connectivity index (χ3n) is 3.41. The molecule has 3 atom stereocenters. The molecule has 0 heterocycles. The number of ether oxygens (including phenoxy) is 1. The Morgan fingerprint density at radius 1 is 1.33 bits per heavy atom. The second kappa shape index (κ2) is 3.66. The maximum Gasteiger partial charge on any atom is 0.424 e. The zero-order chi connectivity index (χ0) is 13.8. The number of halogens is 5. The quantitative estimate of drug-likeness (QED) is 0.633. The molecule has 1 fully saturated rings. The molecule has 2 aliphatic carbocycles. The van der Waals surface area contributed by atoms with Crippen molar-refractivity contribution in [2.45, 2.75) is 24.1 Å². The highest BCUT2D eigenvalue weighted by molar-refractivity contribution is 5.68. The van der Waals surface area contributed by atoms with E-state index in [1.54, 1.807) is 0 Å². The molecule has 0 aromatic carbocycles. The van der Waals surface area contributed by atoms with Gasteiger partial charge in [-0.1, -0.05) is 12.2 Å². The summed E-state index contributed by atoms with van der Waals surface area (Å²) >= 11 is 0. The van der Waals surface area contributed by atoms with Crippen LogP contribution in [0.25, 0.3) is 0 Å². The molecule has 0 aromatic rings. The van der Waals surface area contributed by atoms with Crippen molar-refractivity contribution in [1.82, 2.24) is 0 Å². The molecule has 0 spiro atoms. The molecule has 8 heteroatoms. The number of fused-ring (bicyclic) bond motifs is 2. The van der Waals surface area contributed by atoms with E-state index in [1.807, 2.05) is 0 Å². The molecule has 0 aliphatic heterocycles. The van der Waals surface area contributed by atoms with E-state index in [1.165, 1.54) is 0 Å². The fourth-order valence-corrected chi connectivity index (χ4v) is 2.65. The van der Waals surface area contributed by atoms with Crippen LogP contribution in [0.1, 0.15) is 6.42 Å². The van der Waals surface area contributed by atoms with Crippen LogP contribution < -0.4 is 0 Å². The Bertz CT molecular complexity index is 403. The summed E-state index contributed by atoms with van der Waals surface area (Å²) in [5, 5.41) is 8.34. The normalized spacial score (nSPS) is 37.2. The highest BCUT2D eigenvalue weighted by Gasteiger charge is 2.80. The average molecular weight is 272 g/mol. The van der Waals surface area contributed by atoms with E-state index in [4.69, 9.17) is 5.11 Å². The van der Waals surface area contributed by atoms with Gasteiger partial charge in [0, 0.05) is 11.8 Å². The van der Waals surface area contributed by atoms with Crippen molar-refractivity contribution in [3.05, 3.63) is 12.2 Å². The van der Waals surface area contributed by atoms with Gasteiger partial charge in [0.05, 0.1) is 0 Å². The molecule has 102 valence electrons. The van der Waals surface area contributed by atoms with E-state index in [9.17, 15) is 26.7 Å². The van der Waals surface area contributed by atoms with Gasteiger partial charge < -0.3 is 9.84 Å². The number of allylic oxidation sites excluding steroid dienone is 1. The standard InChI is InChI=1S/C10H9F5O3/c11-9(12)6-2-1-5(3-6)8(9,10(13,14)15)18-4-7(16)17/h1-2,5-6H,3-4H2,(H,16,17). The summed E-state index contributed by atoms with van der Waals surface area (Å²) in [6, 6.07) is 0. The fourth-order valence-electron chi connectivity index (χ4n) is 2.65. The maximum absolute atomic E-state index is 13.8. The van der Waals surface area contributed by atoms with Gasteiger partial charge in [-0.2, -0.15) is 13.2 Å². The zero-order valence-electron chi connectivity index (χ0n) is 8.88. The average Bonchev–Trinajstić information content (AvgIpc) is 2.71. The minimum Gasteiger partial charge on any atom is -0.480 e. The molecule has 0 saturated heterocycles. The Labute approximate surface area is 98.2 Å². The van der Waals surface area contributed by atoms with Crippen LogP contribution in [0.5, 0.6) is 0 Å². The first-order chi connectivity index (χ1) is 8.13. The summed E-state index contributed by atoms with van der Waals surface area (Å²) in [5.74, 6) is -8.98. The van der Waals surface area contributed by atoms with Crippen molar-refractivity contribution in [3.63, 3.8) is 0 Å². The summed E-state index contributed by atoms with van der Waals surface area (Å²) < 4.78 is 70.7. The number of hydrogen-bond acceptors (Lipinski definition) is 2. The highest BCUT2D eigenvalue weighted by Crippen LogP contribution is 2.63. The van der Waals surface area contributed by atoms with E-state index in [2.05, 4.69) is 4.74 Å². The van der Waals surface area contributed by atoms with Gasteiger partial charge in [0.25, 0.3) is 5.92 Å². The lowest BCUT2D eigenvalue weighted by Gasteiger charge is -2.41. The van der Waals surface area contributed by atoms with Gasteiger partial charge in [0.2, 0.25) is 5.60 Å². The van der Waals surface area contributed by atoms with Crippen LogP contribution in [-0.4, -0.2) is 35.4 Å². The number of rotatable bonds is 3. The third kappa shape index (κ3) is 1.47. The molecular weight excluding hydrogens is 263 g/mol. The van der Waals surface area contributed by atoms with Gasteiger partial charge in [0.1, 0.15) is 6.61 Å². The fraction of sp³-hybridized carbons (Fsp3) is 0.700.